The fraction of sp³-hybridized carbons (Fsp3) is 0.842. The van der Waals surface area contributed by atoms with Crippen LogP contribution in [0.4, 0.5) is 0 Å². The van der Waals surface area contributed by atoms with Gasteiger partial charge in [0.2, 0.25) is 0 Å². The summed E-state index contributed by atoms with van der Waals surface area (Å²) < 4.78 is 16.8. The van der Waals surface area contributed by atoms with E-state index in [0.29, 0.717) is 19.3 Å². The summed E-state index contributed by atoms with van der Waals surface area (Å²) in [5.74, 6) is -0.903. The van der Waals surface area contributed by atoms with Crippen LogP contribution in [0.3, 0.4) is 0 Å². The molecular weight excluding hydrogens is 781 g/mol. The van der Waals surface area contributed by atoms with Crippen LogP contribution in [0.5, 0.6) is 0 Å². The second kappa shape index (κ2) is 52.3. The van der Waals surface area contributed by atoms with Crippen LogP contribution >= 0.6 is 0 Å². The lowest BCUT2D eigenvalue weighted by Gasteiger charge is -2.18. The Morgan fingerprint density at radius 3 is 0.921 bits per heavy atom. The van der Waals surface area contributed by atoms with Gasteiger partial charge in [-0.3, -0.25) is 14.4 Å². The van der Waals surface area contributed by atoms with Crippen molar-refractivity contribution in [2.75, 3.05) is 13.2 Å². The number of rotatable bonds is 50. The molecule has 0 bridgehead atoms. The first kappa shape index (κ1) is 60.6. The molecule has 0 saturated heterocycles. The van der Waals surface area contributed by atoms with Crippen LogP contribution in [0.25, 0.3) is 0 Å². The van der Waals surface area contributed by atoms with E-state index < -0.39 is 6.10 Å². The lowest BCUT2D eigenvalue weighted by atomic mass is 10.0. The molecule has 6 nitrogen and oxygen atoms in total. The number of esters is 3. The van der Waals surface area contributed by atoms with E-state index in [1.54, 1.807) is 0 Å². The fourth-order valence-corrected chi connectivity index (χ4v) is 7.98. The smallest absolute Gasteiger partial charge is 0.306 e. The molecule has 0 rings (SSSR count). The molecule has 0 heterocycles. The zero-order valence-electron chi connectivity index (χ0n) is 42.1. The highest BCUT2D eigenvalue weighted by Crippen LogP contribution is 2.16. The monoisotopic (exact) mass is 885 g/mol. The van der Waals surface area contributed by atoms with E-state index in [1.165, 1.54) is 180 Å². The van der Waals surface area contributed by atoms with Crippen molar-refractivity contribution in [3.8, 4) is 0 Å². The Morgan fingerprint density at radius 2 is 0.571 bits per heavy atom. The number of unbranched alkanes of at least 4 members (excludes halogenated alkanes) is 33. The maximum Gasteiger partial charge on any atom is 0.306 e. The second-order valence-corrected chi connectivity index (χ2v) is 18.5. The highest BCUT2D eigenvalue weighted by molar-refractivity contribution is 5.71. The number of allylic oxidation sites excluding steroid dienone is 6. The molecular formula is C57H104O6. The van der Waals surface area contributed by atoms with Crippen LogP contribution in [0.15, 0.2) is 36.5 Å². The Labute approximate surface area is 391 Å². The first-order valence-electron chi connectivity index (χ1n) is 27.5. The summed E-state index contributed by atoms with van der Waals surface area (Å²) in [5.41, 5.74) is 0. The molecule has 0 aliphatic carbocycles. The van der Waals surface area contributed by atoms with E-state index in [9.17, 15) is 14.4 Å². The molecule has 0 saturated carbocycles. The van der Waals surface area contributed by atoms with Crippen LogP contribution in [0, 0.1) is 0 Å². The average Bonchev–Trinajstić information content (AvgIpc) is 3.28. The standard InChI is InChI=1S/C57H104O6/c1-4-7-10-13-16-19-22-25-28-31-34-37-40-43-46-49-55(58)61-52-54(63-57(60)51-48-45-42-39-36-33-30-27-24-21-18-15-12-9-6-3)53-62-56(59)50-47-44-41-38-35-32-29-26-23-20-17-14-11-8-5-2/h16,19,25,28,34,37,54H,4-15,17-18,20-24,26-27,29-33,35-36,38-53H2,1-3H3/b19-16-,28-25-,37-34-/t54-/m0/s1. The molecule has 0 aromatic carbocycles. The maximum absolute atomic E-state index is 12.8. The van der Waals surface area contributed by atoms with Gasteiger partial charge in [-0.25, -0.2) is 0 Å². The summed E-state index contributed by atoms with van der Waals surface area (Å²) in [4.78, 5) is 38.0. The Kier molecular flexibility index (Phi) is 50.3. The Morgan fingerprint density at radius 1 is 0.317 bits per heavy atom. The molecule has 0 amide bonds. The second-order valence-electron chi connectivity index (χ2n) is 18.5. The Hall–Kier alpha value is -2.37. The van der Waals surface area contributed by atoms with Crippen molar-refractivity contribution in [1.82, 2.24) is 0 Å². The van der Waals surface area contributed by atoms with E-state index >= 15 is 0 Å². The maximum atomic E-state index is 12.8. The normalized spacial score (nSPS) is 12.2. The molecule has 6 heteroatoms. The minimum atomic E-state index is -0.782. The molecule has 63 heavy (non-hydrogen) atoms. The molecule has 0 aromatic rings. The minimum Gasteiger partial charge on any atom is -0.462 e. The lowest BCUT2D eigenvalue weighted by molar-refractivity contribution is -0.167. The Bertz CT molecular complexity index is 1060. The van der Waals surface area contributed by atoms with Gasteiger partial charge < -0.3 is 14.2 Å². The van der Waals surface area contributed by atoms with Crippen molar-refractivity contribution in [2.24, 2.45) is 0 Å². The van der Waals surface area contributed by atoms with Gasteiger partial charge >= 0.3 is 17.9 Å². The van der Waals surface area contributed by atoms with Gasteiger partial charge in [0.15, 0.2) is 6.10 Å². The van der Waals surface area contributed by atoms with Gasteiger partial charge in [0.05, 0.1) is 0 Å². The van der Waals surface area contributed by atoms with Crippen molar-refractivity contribution in [3.63, 3.8) is 0 Å². The molecule has 0 aliphatic heterocycles. The summed E-state index contributed by atoms with van der Waals surface area (Å²) >= 11 is 0. The highest BCUT2D eigenvalue weighted by atomic mass is 16.6. The molecule has 368 valence electrons. The highest BCUT2D eigenvalue weighted by Gasteiger charge is 2.19. The largest absolute Gasteiger partial charge is 0.462 e. The van der Waals surface area contributed by atoms with Crippen molar-refractivity contribution < 1.29 is 28.6 Å². The number of carbonyl (C=O) groups is 3. The molecule has 0 fully saturated rings. The number of hydrogen-bond acceptors (Lipinski definition) is 6. The Balaban J connectivity index is 4.39. The van der Waals surface area contributed by atoms with Crippen molar-refractivity contribution in [1.29, 1.82) is 0 Å². The topological polar surface area (TPSA) is 78.9 Å². The SMILES string of the molecule is CCCCC/C=C\C/C=C\C/C=C\CCCCC(=O)OC[C@@H](COC(=O)CCCCCCCCCCCCCCCCC)OC(=O)CCCCCCCCCCCCCCCCC. The summed E-state index contributed by atoms with van der Waals surface area (Å²) in [5, 5.41) is 0. The molecule has 1 atom stereocenters. The molecule has 0 spiro atoms. The molecule has 0 N–H and O–H groups in total. The van der Waals surface area contributed by atoms with Gasteiger partial charge in [-0.2, -0.15) is 0 Å². The summed E-state index contributed by atoms with van der Waals surface area (Å²) in [6, 6.07) is 0. The third-order valence-electron chi connectivity index (χ3n) is 12.1. The van der Waals surface area contributed by atoms with Crippen molar-refractivity contribution in [3.05, 3.63) is 36.5 Å². The van der Waals surface area contributed by atoms with Gasteiger partial charge in [0.1, 0.15) is 13.2 Å². The van der Waals surface area contributed by atoms with Crippen LogP contribution in [0.2, 0.25) is 0 Å². The zero-order chi connectivity index (χ0) is 45.8. The molecule has 0 aromatic heterocycles. The number of hydrogen-bond donors (Lipinski definition) is 0. The third-order valence-corrected chi connectivity index (χ3v) is 12.1. The van der Waals surface area contributed by atoms with Gasteiger partial charge in [-0.1, -0.05) is 250 Å². The van der Waals surface area contributed by atoms with Gasteiger partial charge in [0.25, 0.3) is 0 Å². The van der Waals surface area contributed by atoms with Crippen LogP contribution < -0.4 is 0 Å². The van der Waals surface area contributed by atoms with E-state index in [2.05, 4.69) is 57.2 Å². The summed E-state index contributed by atoms with van der Waals surface area (Å²) in [6.45, 7) is 6.61. The van der Waals surface area contributed by atoms with Crippen LogP contribution in [-0.2, 0) is 28.6 Å². The number of ether oxygens (including phenoxy) is 3. The van der Waals surface area contributed by atoms with E-state index in [1.807, 2.05) is 0 Å². The van der Waals surface area contributed by atoms with Gasteiger partial charge in [-0.05, 0) is 57.8 Å². The average molecular weight is 885 g/mol. The predicted molar refractivity (Wildman–Crippen MR) is 270 cm³/mol. The van der Waals surface area contributed by atoms with E-state index in [-0.39, 0.29) is 31.1 Å². The summed E-state index contributed by atoms with van der Waals surface area (Å²) in [6.07, 6.45) is 61.3. The summed E-state index contributed by atoms with van der Waals surface area (Å²) in [7, 11) is 0. The quantitative estimate of drug-likeness (QED) is 0.0262. The lowest BCUT2D eigenvalue weighted by Crippen LogP contribution is -2.30. The van der Waals surface area contributed by atoms with Gasteiger partial charge in [0, 0.05) is 19.3 Å². The zero-order valence-corrected chi connectivity index (χ0v) is 42.1. The van der Waals surface area contributed by atoms with Crippen molar-refractivity contribution >= 4 is 17.9 Å². The fourth-order valence-electron chi connectivity index (χ4n) is 7.98. The molecule has 0 radical (unpaired) electrons. The van der Waals surface area contributed by atoms with Crippen LogP contribution in [0.1, 0.15) is 290 Å². The van der Waals surface area contributed by atoms with Crippen LogP contribution in [-0.4, -0.2) is 37.2 Å². The van der Waals surface area contributed by atoms with E-state index in [0.717, 1.165) is 70.6 Å². The number of carbonyl (C=O) groups excluding carboxylic acids is 3. The first-order valence-corrected chi connectivity index (χ1v) is 27.5. The molecule has 0 aliphatic rings. The van der Waals surface area contributed by atoms with Crippen molar-refractivity contribution in [2.45, 2.75) is 297 Å². The molecule has 0 unspecified atom stereocenters. The predicted octanol–water partition coefficient (Wildman–Crippen LogP) is 18.1. The first-order chi connectivity index (χ1) is 31.0. The minimum absolute atomic E-state index is 0.0794. The van der Waals surface area contributed by atoms with E-state index in [4.69, 9.17) is 14.2 Å². The van der Waals surface area contributed by atoms with Gasteiger partial charge in [-0.15, -0.1) is 0 Å². The third kappa shape index (κ3) is 50.5.